The molecule has 50 heavy (non-hydrogen) atoms. The van der Waals surface area contributed by atoms with Crippen LogP contribution < -0.4 is 20.9 Å². The third kappa shape index (κ3) is 9.64. The first-order valence-electron chi connectivity index (χ1n) is 15.4. The van der Waals surface area contributed by atoms with Gasteiger partial charge in [-0.3, -0.25) is 14.4 Å². The predicted octanol–water partition coefficient (Wildman–Crippen LogP) is 8.65. The van der Waals surface area contributed by atoms with E-state index in [1.54, 1.807) is 91.0 Å². The second-order valence-electron chi connectivity index (χ2n) is 11.3. The monoisotopic (exact) mass is 694 g/mol. The molecule has 0 aliphatic carbocycles. The molecule has 0 aromatic heterocycles. The highest BCUT2D eigenvalue weighted by Crippen LogP contribution is 2.38. The normalized spacial score (nSPS) is 12.1. The van der Waals surface area contributed by atoms with Crippen molar-refractivity contribution in [1.82, 2.24) is 5.32 Å². The molecule has 254 valence electrons. The summed E-state index contributed by atoms with van der Waals surface area (Å²) in [7, 11) is 3.84. The van der Waals surface area contributed by atoms with Gasteiger partial charge in [-0.05, 0) is 77.9 Å². The largest absolute Gasteiger partial charge is 0.416 e. The Kier molecular flexibility index (Phi) is 11.4. The summed E-state index contributed by atoms with van der Waals surface area (Å²) >= 11 is 1.17. The maximum Gasteiger partial charge on any atom is 0.416 e. The Morgan fingerprint density at radius 2 is 1.34 bits per heavy atom. The molecule has 0 fully saturated rings. The number of thioether (sulfide) groups is 1. The molecule has 3 N–H and O–H groups in total. The number of hydrogen-bond acceptors (Lipinski definition) is 5. The van der Waals surface area contributed by atoms with Gasteiger partial charge in [-0.25, -0.2) is 0 Å². The first-order chi connectivity index (χ1) is 24.0. The van der Waals surface area contributed by atoms with E-state index in [9.17, 15) is 27.6 Å². The highest BCUT2D eigenvalue weighted by molar-refractivity contribution is 8.00. The number of halogens is 3. The molecule has 11 heteroatoms. The van der Waals surface area contributed by atoms with Gasteiger partial charge in [0.15, 0.2) is 0 Å². The van der Waals surface area contributed by atoms with Gasteiger partial charge < -0.3 is 20.9 Å². The number of carbonyl (C=O) groups excluding carboxylic acids is 3. The van der Waals surface area contributed by atoms with Crippen LogP contribution in [0.25, 0.3) is 6.08 Å². The third-order valence-electron chi connectivity index (χ3n) is 7.39. The number of nitrogens with one attached hydrogen (secondary N) is 3. The molecule has 0 aliphatic heterocycles. The van der Waals surface area contributed by atoms with Crippen LogP contribution in [0, 0.1) is 0 Å². The molecule has 5 aromatic carbocycles. The van der Waals surface area contributed by atoms with Crippen molar-refractivity contribution in [3.05, 3.63) is 161 Å². The van der Waals surface area contributed by atoms with Crippen LogP contribution in [0.3, 0.4) is 0 Å². The summed E-state index contributed by atoms with van der Waals surface area (Å²) in [6.07, 6.45) is -2.98. The molecule has 7 nitrogen and oxygen atoms in total. The summed E-state index contributed by atoms with van der Waals surface area (Å²) in [5.41, 5.74) is 2.21. The fourth-order valence-corrected chi connectivity index (χ4v) is 5.92. The minimum atomic E-state index is -4.56. The maximum absolute atomic E-state index is 13.7. The Bertz CT molecular complexity index is 1980. The van der Waals surface area contributed by atoms with Gasteiger partial charge in [0.05, 0.1) is 5.56 Å². The van der Waals surface area contributed by atoms with Crippen LogP contribution >= 0.6 is 11.8 Å². The first kappa shape index (κ1) is 35.5. The Hall–Kier alpha value is -5.81. The van der Waals surface area contributed by atoms with Gasteiger partial charge >= 0.3 is 6.18 Å². The van der Waals surface area contributed by atoms with Crippen LogP contribution in [-0.2, 0) is 15.8 Å². The molecule has 0 heterocycles. The quantitative estimate of drug-likeness (QED) is 0.0952. The van der Waals surface area contributed by atoms with E-state index in [2.05, 4.69) is 16.0 Å². The standard InChI is InChI=1S/C39H33F3N4O3S/c1-46(2)32-21-19-26(20-22-32)23-34(45-36(47)28-13-7-4-8-14-28)37(48)43-31-17-10-18-33(25-31)50-35(27-11-5-3-6-12-27)38(49)44-30-16-9-15-29(24-30)39(40,41)42/h3-25,35H,1-2H3,(H,43,48)(H,44,49)(H,45,47)/b34-23+. The van der Waals surface area contributed by atoms with Crippen LogP contribution in [0.4, 0.5) is 30.2 Å². The fraction of sp³-hybridized carbons (Fsp3) is 0.103. The number of anilines is 3. The van der Waals surface area contributed by atoms with Gasteiger partial charge in [-0.15, -0.1) is 11.8 Å². The summed E-state index contributed by atoms with van der Waals surface area (Å²) in [5, 5.41) is 7.35. The summed E-state index contributed by atoms with van der Waals surface area (Å²) in [6, 6.07) is 36.1. The van der Waals surface area contributed by atoms with Gasteiger partial charge in [-0.2, -0.15) is 13.2 Å². The first-order valence-corrected chi connectivity index (χ1v) is 16.3. The summed E-state index contributed by atoms with van der Waals surface area (Å²) in [6.45, 7) is 0. The van der Waals surface area contributed by atoms with E-state index < -0.39 is 34.7 Å². The smallest absolute Gasteiger partial charge is 0.378 e. The lowest BCUT2D eigenvalue weighted by molar-refractivity contribution is -0.137. The number of hydrogen-bond donors (Lipinski definition) is 3. The van der Waals surface area contributed by atoms with Crippen LogP contribution in [0.2, 0.25) is 0 Å². The lowest BCUT2D eigenvalue weighted by atomic mass is 10.1. The molecular weight excluding hydrogens is 662 g/mol. The molecular formula is C39H33F3N4O3S. The topological polar surface area (TPSA) is 90.5 Å². The fourth-order valence-electron chi connectivity index (χ4n) is 4.84. The zero-order valence-corrected chi connectivity index (χ0v) is 27.9. The van der Waals surface area contributed by atoms with E-state index >= 15 is 0 Å². The van der Waals surface area contributed by atoms with Crippen molar-refractivity contribution in [2.24, 2.45) is 0 Å². The van der Waals surface area contributed by atoms with Crippen molar-refractivity contribution in [1.29, 1.82) is 0 Å². The van der Waals surface area contributed by atoms with Crippen LogP contribution in [-0.4, -0.2) is 31.8 Å². The summed E-state index contributed by atoms with van der Waals surface area (Å²) < 4.78 is 39.9. The van der Waals surface area contributed by atoms with E-state index in [-0.39, 0.29) is 11.4 Å². The van der Waals surface area contributed by atoms with E-state index in [1.807, 2.05) is 43.3 Å². The van der Waals surface area contributed by atoms with E-state index in [0.29, 0.717) is 27.3 Å². The summed E-state index contributed by atoms with van der Waals surface area (Å²) in [5.74, 6) is -1.56. The van der Waals surface area contributed by atoms with Gasteiger partial charge in [0.2, 0.25) is 5.91 Å². The van der Waals surface area contributed by atoms with Crippen LogP contribution in [0.5, 0.6) is 0 Å². The zero-order valence-electron chi connectivity index (χ0n) is 27.1. The van der Waals surface area contributed by atoms with Crippen molar-refractivity contribution in [3.63, 3.8) is 0 Å². The molecule has 0 saturated heterocycles. The summed E-state index contributed by atoms with van der Waals surface area (Å²) in [4.78, 5) is 42.9. The number of nitrogens with zero attached hydrogens (tertiary/aromatic N) is 1. The molecule has 5 rings (SSSR count). The molecule has 1 atom stereocenters. The van der Waals surface area contributed by atoms with Gasteiger partial charge in [-0.1, -0.05) is 72.8 Å². The Morgan fingerprint density at radius 1 is 0.720 bits per heavy atom. The van der Waals surface area contributed by atoms with Crippen molar-refractivity contribution < 1.29 is 27.6 Å². The Morgan fingerprint density at radius 3 is 1.98 bits per heavy atom. The average Bonchev–Trinajstić information content (AvgIpc) is 3.11. The lowest BCUT2D eigenvalue weighted by Crippen LogP contribution is -2.30. The lowest BCUT2D eigenvalue weighted by Gasteiger charge is -2.18. The number of carbonyl (C=O) groups is 3. The van der Waals surface area contributed by atoms with Gasteiger partial charge in [0.25, 0.3) is 11.8 Å². The Balaban J connectivity index is 1.38. The van der Waals surface area contributed by atoms with E-state index in [0.717, 1.165) is 17.8 Å². The molecule has 0 radical (unpaired) electrons. The minimum absolute atomic E-state index is 0.0112. The number of benzene rings is 5. The van der Waals surface area contributed by atoms with Crippen molar-refractivity contribution in [2.75, 3.05) is 29.6 Å². The van der Waals surface area contributed by atoms with Crippen molar-refractivity contribution in [3.8, 4) is 0 Å². The maximum atomic E-state index is 13.7. The number of rotatable bonds is 11. The van der Waals surface area contributed by atoms with Gasteiger partial charge in [0.1, 0.15) is 10.9 Å². The zero-order chi connectivity index (χ0) is 35.7. The third-order valence-corrected chi connectivity index (χ3v) is 8.64. The highest BCUT2D eigenvalue weighted by atomic mass is 32.2. The molecule has 0 aliphatic rings. The Labute approximate surface area is 292 Å². The second-order valence-corrected chi connectivity index (χ2v) is 12.5. The molecule has 0 saturated carbocycles. The number of alkyl halides is 3. The minimum Gasteiger partial charge on any atom is -0.378 e. The SMILES string of the molecule is CN(C)c1ccc(/C=C(/NC(=O)c2ccccc2)C(=O)Nc2cccc(SC(C(=O)Nc3cccc(C(F)(F)F)c3)c3ccccc3)c2)cc1. The van der Waals surface area contributed by atoms with Crippen LogP contribution in [0.15, 0.2) is 144 Å². The molecule has 3 amide bonds. The van der Waals surface area contributed by atoms with Gasteiger partial charge in [0, 0.05) is 41.6 Å². The molecule has 0 spiro atoms. The number of amides is 3. The van der Waals surface area contributed by atoms with E-state index in [4.69, 9.17) is 0 Å². The average molecular weight is 695 g/mol. The molecule has 1 unspecified atom stereocenters. The van der Waals surface area contributed by atoms with Crippen molar-refractivity contribution >= 4 is 52.6 Å². The molecule has 0 bridgehead atoms. The van der Waals surface area contributed by atoms with Crippen LogP contribution in [0.1, 0.15) is 32.3 Å². The predicted molar refractivity (Wildman–Crippen MR) is 193 cm³/mol. The van der Waals surface area contributed by atoms with Crippen molar-refractivity contribution in [2.45, 2.75) is 16.3 Å². The second kappa shape index (κ2) is 16.1. The highest BCUT2D eigenvalue weighted by Gasteiger charge is 2.31. The van der Waals surface area contributed by atoms with E-state index in [1.165, 1.54) is 23.9 Å². The molecule has 5 aromatic rings.